The Morgan fingerprint density at radius 1 is 1.17 bits per heavy atom. The van der Waals surface area contributed by atoms with Crippen LogP contribution in [0.1, 0.15) is 21.6 Å². The van der Waals surface area contributed by atoms with Crippen LogP contribution in [0.3, 0.4) is 0 Å². The maximum atomic E-state index is 12.5. The lowest BCUT2D eigenvalue weighted by Gasteiger charge is -2.02. The molecule has 8 heteroatoms. The number of nitrogens with zero attached hydrogens (tertiary/aromatic N) is 4. The zero-order valence-corrected chi connectivity index (χ0v) is 16.1. The molecule has 2 aromatic heterocycles. The van der Waals surface area contributed by atoms with Crippen LogP contribution in [0.25, 0.3) is 11.3 Å². The number of benzene rings is 2. The summed E-state index contributed by atoms with van der Waals surface area (Å²) in [6.07, 6.45) is 1.59. The Morgan fingerprint density at radius 3 is 2.79 bits per heavy atom. The number of H-pyrrole nitrogens is 1. The topological polar surface area (TPSA) is 97.7 Å². The van der Waals surface area contributed by atoms with Gasteiger partial charge in [0.05, 0.1) is 19.3 Å². The van der Waals surface area contributed by atoms with E-state index in [1.54, 1.807) is 24.2 Å². The SMILES string of the molecule is COc1cccc(-c2cc(C(=O)Nc3ncn(Cc4ccc(C)cc4)n3)[nH]n2)c1. The third-order valence-electron chi connectivity index (χ3n) is 4.41. The normalized spacial score (nSPS) is 10.7. The van der Waals surface area contributed by atoms with Crippen molar-refractivity contribution in [2.24, 2.45) is 0 Å². The first-order chi connectivity index (χ1) is 14.1. The van der Waals surface area contributed by atoms with Gasteiger partial charge in [0.15, 0.2) is 0 Å². The van der Waals surface area contributed by atoms with E-state index in [1.807, 2.05) is 55.5 Å². The highest BCUT2D eigenvalue weighted by molar-refractivity contribution is 6.02. The monoisotopic (exact) mass is 388 g/mol. The molecule has 0 radical (unpaired) electrons. The van der Waals surface area contributed by atoms with Crippen molar-refractivity contribution >= 4 is 11.9 Å². The van der Waals surface area contributed by atoms with Crippen LogP contribution >= 0.6 is 0 Å². The lowest BCUT2D eigenvalue weighted by Crippen LogP contribution is -2.14. The van der Waals surface area contributed by atoms with Gasteiger partial charge in [0.25, 0.3) is 5.91 Å². The van der Waals surface area contributed by atoms with Gasteiger partial charge in [-0.15, -0.1) is 5.10 Å². The van der Waals surface area contributed by atoms with E-state index >= 15 is 0 Å². The summed E-state index contributed by atoms with van der Waals surface area (Å²) in [7, 11) is 1.60. The molecule has 0 saturated heterocycles. The van der Waals surface area contributed by atoms with Gasteiger partial charge in [0.1, 0.15) is 17.8 Å². The molecule has 0 aliphatic heterocycles. The van der Waals surface area contributed by atoms with Crippen LogP contribution in [0.5, 0.6) is 5.75 Å². The van der Waals surface area contributed by atoms with E-state index in [2.05, 4.69) is 25.6 Å². The molecule has 0 atom stereocenters. The number of nitrogens with one attached hydrogen (secondary N) is 2. The van der Waals surface area contributed by atoms with Gasteiger partial charge in [-0.25, -0.2) is 9.67 Å². The van der Waals surface area contributed by atoms with Gasteiger partial charge < -0.3 is 4.74 Å². The number of ether oxygens (including phenoxy) is 1. The molecular weight excluding hydrogens is 368 g/mol. The van der Waals surface area contributed by atoms with Crippen molar-refractivity contribution in [3.05, 3.63) is 77.7 Å². The van der Waals surface area contributed by atoms with Crippen molar-refractivity contribution < 1.29 is 9.53 Å². The minimum Gasteiger partial charge on any atom is -0.497 e. The van der Waals surface area contributed by atoms with Gasteiger partial charge in [-0.3, -0.25) is 15.2 Å². The maximum absolute atomic E-state index is 12.5. The molecule has 2 N–H and O–H groups in total. The Kier molecular flexibility index (Phi) is 5.07. The first-order valence-corrected chi connectivity index (χ1v) is 9.07. The van der Waals surface area contributed by atoms with Crippen LogP contribution < -0.4 is 10.1 Å². The van der Waals surface area contributed by atoms with Crippen molar-refractivity contribution in [1.29, 1.82) is 0 Å². The van der Waals surface area contributed by atoms with Crippen molar-refractivity contribution in [3.8, 4) is 17.0 Å². The third-order valence-corrected chi connectivity index (χ3v) is 4.41. The predicted molar refractivity (Wildman–Crippen MR) is 109 cm³/mol. The number of anilines is 1. The summed E-state index contributed by atoms with van der Waals surface area (Å²) in [4.78, 5) is 16.6. The van der Waals surface area contributed by atoms with Crippen LogP contribution in [-0.2, 0) is 6.54 Å². The van der Waals surface area contributed by atoms with Crippen molar-refractivity contribution in [2.45, 2.75) is 13.5 Å². The molecule has 8 nitrogen and oxygen atoms in total. The number of aromatic nitrogens is 5. The maximum Gasteiger partial charge on any atom is 0.276 e. The number of hydrogen-bond donors (Lipinski definition) is 2. The number of carbonyl (C=O) groups excluding carboxylic acids is 1. The molecule has 4 aromatic rings. The summed E-state index contributed by atoms with van der Waals surface area (Å²) in [5, 5.41) is 13.9. The van der Waals surface area contributed by atoms with Crippen LogP contribution in [0, 0.1) is 6.92 Å². The number of rotatable bonds is 6. The largest absolute Gasteiger partial charge is 0.497 e. The van der Waals surface area contributed by atoms with Gasteiger partial charge >= 0.3 is 0 Å². The smallest absolute Gasteiger partial charge is 0.276 e. The molecule has 0 unspecified atom stereocenters. The molecule has 0 fully saturated rings. The van der Waals surface area contributed by atoms with E-state index in [4.69, 9.17) is 4.74 Å². The summed E-state index contributed by atoms with van der Waals surface area (Å²) in [5.41, 5.74) is 4.12. The van der Waals surface area contributed by atoms with Crippen LogP contribution in [0.15, 0.2) is 60.9 Å². The zero-order chi connectivity index (χ0) is 20.2. The molecule has 29 heavy (non-hydrogen) atoms. The fourth-order valence-corrected chi connectivity index (χ4v) is 2.85. The molecule has 0 aliphatic carbocycles. The number of aryl methyl sites for hydroxylation is 1. The van der Waals surface area contributed by atoms with E-state index in [9.17, 15) is 4.79 Å². The molecule has 0 aliphatic rings. The van der Waals surface area contributed by atoms with E-state index in [-0.39, 0.29) is 11.9 Å². The fraction of sp³-hybridized carbons (Fsp3) is 0.143. The van der Waals surface area contributed by atoms with Gasteiger partial charge in [-0.1, -0.05) is 42.0 Å². The summed E-state index contributed by atoms with van der Waals surface area (Å²) < 4.78 is 6.90. The Labute approximate surface area is 167 Å². The number of amides is 1. The molecular formula is C21H20N6O2. The van der Waals surface area contributed by atoms with Gasteiger partial charge in [-0.05, 0) is 30.7 Å². The second-order valence-corrected chi connectivity index (χ2v) is 6.60. The Balaban J connectivity index is 1.43. The highest BCUT2D eigenvalue weighted by atomic mass is 16.5. The average molecular weight is 388 g/mol. The third kappa shape index (κ3) is 4.32. The number of aromatic amines is 1. The Hall–Kier alpha value is -3.94. The molecule has 1 amide bonds. The average Bonchev–Trinajstić information content (AvgIpc) is 3.40. The second kappa shape index (κ2) is 7.97. The van der Waals surface area contributed by atoms with Crippen molar-refractivity contribution in [2.75, 3.05) is 12.4 Å². The first-order valence-electron chi connectivity index (χ1n) is 9.07. The van der Waals surface area contributed by atoms with Crippen LogP contribution in [-0.4, -0.2) is 38.0 Å². The van der Waals surface area contributed by atoms with Gasteiger partial charge in [0.2, 0.25) is 5.95 Å². The minimum absolute atomic E-state index is 0.236. The van der Waals surface area contributed by atoms with Crippen molar-refractivity contribution in [3.63, 3.8) is 0 Å². The standard InChI is InChI=1S/C21H20N6O2/c1-14-6-8-15(9-7-14)12-27-13-22-21(26-27)23-20(28)19-11-18(24-25-19)16-4-3-5-17(10-16)29-2/h3-11,13H,12H2,1-2H3,(H,24,25)(H,23,26,28). The van der Waals surface area contributed by atoms with Gasteiger partial charge in [-0.2, -0.15) is 5.10 Å². The predicted octanol–water partition coefficient (Wildman–Crippen LogP) is 3.29. The van der Waals surface area contributed by atoms with Crippen molar-refractivity contribution in [1.82, 2.24) is 25.0 Å². The summed E-state index contributed by atoms with van der Waals surface area (Å²) in [5.74, 6) is 0.596. The Bertz CT molecular complexity index is 1130. The quantitative estimate of drug-likeness (QED) is 0.528. The molecule has 4 rings (SSSR count). The molecule has 2 heterocycles. The molecule has 0 spiro atoms. The second-order valence-electron chi connectivity index (χ2n) is 6.60. The fourth-order valence-electron chi connectivity index (χ4n) is 2.85. The highest BCUT2D eigenvalue weighted by Gasteiger charge is 2.14. The van der Waals surface area contributed by atoms with E-state index < -0.39 is 0 Å². The molecule has 2 aromatic carbocycles. The number of hydrogen-bond acceptors (Lipinski definition) is 5. The van der Waals surface area contributed by atoms with E-state index in [0.29, 0.717) is 17.9 Å². The summed E-state index contributed by atoms with van der Waals surface area (Å²) in [6.45, 7) is 2.62. The first kappa shape index (κ1) is 18.4. The van der Waals surface area contributed by atoms with E-state index in [0.717, 1.165) is 16.9 Å². The van der Waals surface area contributed by atoms with Crippen LogP contribution in [0.2, 0.25) is 0 Å². The minimum atomic E-state index is -0.361. The Morgan fingerprint density at radius 2 is 2.00 bits per heavy atom. The number of methoxy groups -OCH3 is 1. The summed E-state index contributed by atoms with van der Waals surface area (Å²) in [6, 6.07) is 17.3. The molecule has 146 valence electrons. The number of carbonyl (C=O) groups is 1. The van der Waals surface area contributed by atoms with Gasteiger partial charge in [0, 0.05) is 5.56 Å². The summed E-state index contributed by atoms with van der Waals surface area (Å²) >= 11 is 0. The lowest BCUT2D eigenvalue weighted by molar-refractivity contribution is 0.102. The lowest BCUT2D eigenvalue weighted by atomic mass is 10.1. The van der Waals surface area contributed by atoms with Crippen LogP contribution in [0.4, 0.5) is 5.95 Å². The van der Waals surface area contributed by atoms with E-state index in [1.165, 1.54) is 5.56 Å². The highest BCUT2D eigenvalue weighted by Crippen LogP contribution is 2.22. The zero-order valence-electron chi connectivity index (χ0n) is 16.1. The molecule has 0 bridgehead atoms. The molecule has 0 saturated carbocycles.